The van der Waals surface area contributed by atoms with Crippen LogP contribution in [0.2, 0.25) is 0 Å². The second-order valence-corrected chi connectivity index (χ2v) is 4.64. The Balaban J connectivity index is 2.20. The van der Waals surface area contributed by atoms with Crippen LogP contribution in [0.3, 0.4) is 0 Å². The zero-order chi connectivity index (χ0) is 11.5. The topological polar surface area (TPSA) is 82.5 Å². The van der Waals surface area contributed by atoms with Crippen molar-refractivity contribution >= 4 is 23.9 Å². The normalized spacial score (nSPS) is 23.2. The fourth-order valence-electron chi connectivity index (χ4n) is 1.89. The van der Waals surface area contributed by atoms with Gasteiger partial charge in [0, 0.05) is 12.8 Å². The largest absolute Gasteiger partial charge is 0.369 e. The SMILES string of the molecule is N#CC1=C(SCC(N)=O)N2CCC[C@H]2N=C1. The summed E-state index contributed by atoms with van der Waals surface area (Å²) in [6.45, 7) is 0.897. The third kappa shape index (κ3) is 2.04. The minimum absolute atomic E-state index is 0.146. The van der Waals surface area contributed by atoms with E-state index in [1.54, 1.807) is 6.21 Å². The molecule has 2 aliphatic rings. The number of thioether (sulfide) groups is 1. The standard InChI is InChI=1S/C10H12N4OS/c11-4-7-5-13-9-2-1-3-14(9)10(7)16-6-8(12)15/h5,9H,1-3,6H2,(H2,12,15)/t9-/m0/s1. The summed E-state index contributed by atoms with van der Waals surface area (Å²) in [5.41, 5.74) is 5.65. The molecule has 0 aliphatic carbocycles. The lowest BCUT2D eigenvalue weighted by atomic mass is 10.3. The summed E-state index contributed by atoms with van der Waals surface area (Å²) < 4.78 is 0. The van der Waals surface area contributed by atoms with Gasteiger partial charge in [0.15, 0.2) is 0 Å². The molecular weight excluding hydrogens is 224 g/mol. The molecule has 1 amide bonds. The molecule has 0 aromatic heterocycles. The van der Waals surface area contributed by atoms with Crippen LogP contribution in [-0.2, 0) is 4.79 Å². The van der Waals surface area contributed by atoms with E-state index in [4.69, 9.17) is 11.0 Å². The van der Waals surface area contributed by atoms with Crippen molar-refractivity contribution in [1.82, 2.24) is 4.90 Å². The van der Waals surface area contributed by atoms with Gasteiger partial charge in [0.05, 0.1) is 16.4 Å². The molecule has 1 atom stereocenters. The van der Waals surface area contributed by atoms with Gasteiger partial charge in [-0.1, -0.05) is 11.8 Å². The smallest absolute Gasteiger partial charge is 0.227 e. The molecule has 2 heterocycles. The van der Waals surface area contributed by atoms with Gasteiger partial charge >= 0.3 is 0 Å². The van der Waals surface area contributed by atoms with E-state index < -0.39 is 0 Å². The van der Waals surface area contributed by atoms with Crippen LogP contribution < -0.4 is 5.73 Å². The van der Waals surface area contributed by atoms with E-state index in [9.17, 15) is 4.79 Å². The molecule has 0 radical (unpaired) electrons. The molecule has 0 spiro atoms. The molecule has 0 saturated carbocycles. The Morgan fingerprint density at radius 2 is 2.62 bits per heavy atom. The first-order chi connectivity index (χ1) is 7.72. The van der Waals surface area contributed by atoms with E-state index in [0.717, 1.165) is 24.4 Å². The summed E-state index contributed by atoms with van der Waals surface area (Å²) >= 11 is 1.33. The Kier molecular flexibility index (Phi) is 3.15. The number of aliphatic imine (C=N–C) groups is 1. The Hall–Kier alpha value is -1.48. The van der Waals surface area contributed by atoms with Gasteiger partial charge in [-0.25, -0.2) is 0 Å². The van der Waals surface area contributed by atoms with Gasteiger partial charge in [-0.15, -0.1) is 0 Å². The number of hydrogen-bond donors (Lipinski definition) is 1. The summed E-state index contributed by atoms with van der Waals surface area (Å²) in [6, 6.07) is 2.11. The maximum atomic E-state index is 10.8. The van der Waals surface area contributed by atoms with Crippen molar-refractivity contribution in [3.8, 4) is 6.07 Å². The highest BCUT2D eigenvalue weighted by Crippen LogP contribution is 2.33. The van der Waals surface area contributed by atoms with Crippen LogP contribution in [0.5, 0.6) is 0 Å². The summed E-state index contributed by atoms with van der Waals surface area (Å²) in [6.07, 6.45) is 3.83. The lowest BCUT2D eigenvalue weighted by Crippen LogP contribution is -2.31. The molecule has 6 heteroatoms. The Morgan fingerprint density at radius 1 is 1.81 bits per heavy atom. The van der Waals surface area contributed by atoms with Gasteiger partial charge in [-0.3, -0.25) is 9.79 Å². The fraction of sp³-hybridized carbons (Fsp3) is 0.500. The number of nitriles is 1. The number of nitrogens with two attached hydrogens (primary N) is 1. The lowest BCUT2D eigenvalue weighted by molar-refractivity contribution is -0.115. The van der Waals surface area contributed by atoms with Crippen LogP contribution in [-0.4, -0.2) is 35.5 Å². The van der Waals surface area contributed by atoms with Gasteiger partial charge < -0.3 is 10.6 Å². The van der Waals surface area contributed by atoms with E-state index in [1.165, 1.54) is 11.8 Å². The highest BCUT2D eigenvalue weighted by molar-refractivity contribution is 8.03. The number of amides is 1. The molecule has 0 unspecified atom stereocenters. The van der Waals surface area contributed by atoms with Crippen molar-refractivity contribution in [3.63, 3.8) is 0 Å². The van der Waals surface area contributed by atoms with Crippen molar-refractivity contribution in [2.75, 3.05) is 12.3 Å². The number of primary amides is 1. The van der Waals surface area contributed by atoms with E-state index in [-0.39, 0.29) is 17.8 Å². The molecular formula is C10H12N4OS. The number of hydrogen-bond acceptors (Lipinski definition) is 5. The van der Waals surface area contributed by atoms with E-state index >= 15 is 0 Å². The number of fused-ring (bicyclic) bond motifs is 1. The third-order valence-electron chi connectivity index (χ3n) is 2.56. The number of allylic oxidation sites excluding steroid dienone is 1. The van der Waals surface area contributed by atoms with Crippen LogP contribution in [0.15, 0.2) is 15.6 Å². The summed E-state index contributed by atoms with van der Waals surface area (Å²) in [5, 5.41) is 9.84. The van der Waals surface area contributed by atoms with Crippen molar-refractivity contribution in [1.29, 1.82) is 5.26 Å². The van der Waals surface area contributed by atoms with Gasteiger partial charge in [-0.05, 0) is 12.8 Å². The van der Waals surface area contributed by atoms with Crippen LogP contribution in [0.1, 0.15) is 12.8 Å². The van der Waals surface area contributed by atoms with Crippen LogP contribution in [0.4, 0.5) is 0 Å². The average molecular weight is 236 g/mol. The van der Waals surface area contributed by atoms with E-state index in [2.05, 4.69) is 16.0 Å². The molecule has 0 aromatic rings. The number of nitrogens with zero attached hydrogens (tertiary/aromatic N) is 3. The maximum absolute atomic E-state index is 10.8. The minimum Gasteiger partial charge on any atom is -0.369 e. The second kappa shape index (κ2) is 4.58. The van der Waals surface area contributed by atoms with Gasteiger partial charge in [0.25, 0.3) is 0 Å². The average Bonchev–Trinajstić information content (AvgIpc) is 2.73. The third-order valence-corrected chi connectivity index (χ3v) is 3.72. The number of carbonyl (C=O) groups is 1. The zero-order valence-electron chi connectivity index (χ0n) is 8.72. The summed E-state index contributed by atoms with van der Waals surface area (Å²) in [5.74, 6) is -0.162. The molecule has 0 aromatic carbocycles. The monoisotopic (exact) mass is 236 g/mol. The first-order valence-electron chi connectivity index (χ1n) is 5.07. The predicted octanol–water partition coefficient (Wildman–Crippen LogP) is 0.446. The van der Waals surface area contributed by atoms with E-state index in [0.29, 0.717) is 5.57 Å². The molecule has 2 N–H and O–H groups in total. The molecule has 84 valence electrons. The molecule has 2 aliphatic heterocycles. The number of carbonyl (C=O) groups excluding carboxylic acids is 1. The molecule has 16 heavy (non-hydrogen) atoms. The Labute approximate surface area is 98.0 Å². The molecule has 5 nitrogen and oxygen atoms in total. The van der Waals surface area contributed by atoms with Crippen molar-refractivity contribution < 1.29 is 4.79 Å². The quantitative estimate of drug-likeness (QED) is 0.771. The summed E-state index contributed by atoms with van der Waals surface area (Å²) in [7, 11) is 0. The fourth-order valence-corrected chi connectivity index (χ4v) is 2.80. The minimum atomic E-state index is -0.368. The highest BCUT2D eigenvalue weighted by atomic mass is 32.2. The lowest BCUT2D eigenvalue weighted by Gasteiger charge is -2.29. The van der Waals surface area contributed by atoms with Gasteiger partial charge in [0.1, 0.15) is 12.2 Å². The van der Waals surface area contributed by atoms with Crippen molar-refractivity contribution in [3.05, 3.63) is 10.6 Å². The van der Waals surface area contributed by atoms with E-state index in [1.807, 2.05) is 0 Å². The van der Waals surface area contributed by atoms with Crippen LogP contribution in [0, 0.1) is 11.3 Å². The summed E-state index contributed by atoms with van der Waals surface area (Å²) in [4.78, 5) is 17.2. The zero-order valence-corrected chi connectivity index (χ0v) is 9.54. The predicted molar refractivity (Wildman–Crippen MR) is 62.5 cm³/mol. The first-order valence-corrected chi connectivity index (χ1v) is 6.06. The molecule has 2 rings (SSSR count). The van der Waals surface area contributed by atoms with Gasteiger partial charge in [0.2, 0.25) is 5.91 Å². The second-order valence-electron chi connectivity index (χ2n) is 3.68. The van der Waals surface area contributed by atoms with Crippen molar-refractivity contribution in [2.24, 2.45) is 10.7 Å². The Bertz CT molecular complexity index is 410. The number of rotatable bonds is 3. The molecule has 0 bridgehead atoms. The molecule has 1 saturated heterocycles. The molecule has 1 fully saturated rings. The Morgan fingerprint density at radius 3 is 3.31 bits per heavy atom. The highest BCUT2D eigenvalue weighted by Gasteiger charge is 2.30. The first kappa shape index (κ1) is 11.0. The van der Waals surface area contributed by atoms with Gasteiger partial charge in [-0.2, -0.15) is 5.26 Å². The van der Waals surface area contributed by atoms with Crippen LogP contribution >= 0.6 is 11.8 Å². The van der Waals surface area contributed by atoms with Crippen molar-refractivity contribution in [2.45, 2.75) is 19.0 Å². The maximum Gasteiger partial charge on any atom is 0.227 e. The van der Waals surface area contributed by atoms with Crippen LogP contribution in [0.25, 0.3) is 0 Å².